The summed E-state index contributed by atoms with van der Waals surface area (Å²) in [6.45, 7) is 8.37. The Morgan fingerprint density at radius 2 is 1.81 bits per heavy atom. The second kappa shape index (κ2) is 7.07. The van der Waals surface area contributed by atoms with Gasteiger partial charge in [-0.1, -0.05) is 39.8 Å². The number of amides is 1. The number of Topliss-reactive ketones (excluding diaryl/α,β-unsaturated/α-hetero) is 1. The Bertz CT molecular complexity index is 905. The van der Waals surface area contributed by atoms with E-state index in [0.717, 1.165) is 6.42 Å². The molecule has 1 unspecified atom stereocenters. The molecule has 7 nitrogen and oxygen atoms in total. The molecule has 2 aliphatic heterocycles. The molecule has 27 heavy (non-hydrogen) atoms. The van der Waals surface area contributed by atoms with Crippen LogP contribution in [0.4, 0.5) is 5.69 Å². The SMILES string of the molecule is CC(C)CCN1C(=O)C(C2=NS(=O)(=O)c3ccccc3N2)C(=O)[C@@H]1C(C)C. The summed E-state index contributed by atoms with van der Waals surface area (Å²) in [4.78, 5) is 27.7. The molecule has 1 saturated heterocycles. The molecule has 0 radical (unpaired) electrons. The monoisotopic (exact) mass is 391 g/mol. The lowest BCUT2D eigenvalue weighted by Gasteiger charge is -2.26. The minimum Gasteiger partial charge on any atom is -0.341 e. The van der Waals surface area contributed by atoms with Gasteiger partial charge in [0.25, 0.3) is 10.0 Å². The van der Waals surface area contributed by atoms with Crippen molar-refractivity contribution < 1.29 is 18.0 Å². The molecule has 2 aliphatic rings. The number of benzene rings is 1. The molecule has 0 aromatic heterocycles. The highest BCUT2D eigenvalue weighted by Crippen LogP contribution is 2.33. The van der Waals surface area contributed by atoms with Crippen LogP contribution in [0.2, 0.25) is 0 Å². The quantitative estimate of drug-likeness (QED) is 0.777. The molecule has 1 N–H and O–H groups in total. The van der Waals surface area contributed by atoms with Gasteiger partial charge >= 0.3 is 0 Å². The molecule has 3 rings (SSSR count). The van der Waals surface area contributed by atoms with E-state index in [4.69, 9.17) is 0 Å². The van der Waals surface area contributed by atoms with Crippen molar-refractivity contribution in [1.29, 1.82) is 0 Å². The van der Waals surface area contributed by atoms with E-state index in [1.54, 1.807) is 23.1 Å². The Morgan fingerprint density at radius 3 is 2.44 bits per heavy atom. The number of rotatable bonds is 5. The Morgan fingerprint density at radius 1 is 1.15 bits per heavy atom. The first-order chi connectivity index (χ1) is 12.6. The maximum atomic E-state index is 13.1. The van der Waals surface area contributed by atoms with Crippen molar-refractivity contribution in [3.8, 4) is 0 Å². The van der Waals surface area contributed by atoms with Gasteiger partial charge in [-0.25, -0.2) is 0 Å². The predicted octanol–water partition coefficient (Wildman–Crippen LogP) is 2.30. The lowest BCUT2D eigenvalue weighted by atomic mass is 9.94. The largest absolute Gasteiger partial charge is 0.341 e. The number of carbonyl (C=O) groups is 2. The van der Waals surface area contributed by atoms with E-state index in [1.807, 2.05) is 13.8 Å². The van der Waals surface area contributed by atoms with E-state index in [2.05, 4.69) is 23.6 Å². The Kier molecular flexibility index (Phi) is 5.12. The van der Waals surface area contributed by atoms with Gasteiger partial charge in [0.15, 0.2) is 11.7 Å². The van der Waals surface area contributed by atoms with Gasteiger partial charge in [0.1, 0.15) is 10.7 Å². The fourth-order valence-electron chi connectivity index (χ4n) is 3.59. The molecular formula is C19H25N3O4S. The van der Waals surface area contributed by atoms with Crippen LogP contribution >= 0.6 is 0 Å². The van der Waals surface area contributed by atoms with Crippen LogP contribution in [0, 0.1) is 17.8 Å². The standard InChI is InChI=1S/C19H25N3O4S/c1-11(2)9-10-22-16(12(3)4)17(23)15(19(22)24)18-20-13-7-5-6-8-14(13)27(25,26)21-18/h5-8,11-12,15-16H,9-10H2,1-4H3,(H,20,21)/t15?,16-/m0/s1. The van der Waals surface area contributed by atoms with Crippen LogP contribution in [-0.4, -0.2) is 43.4 Å². The highest BCUT2D eigenvalue weighted by molar-refractivity contribution is 7.90. The Labute approximate surface area is 159 Å². The van der Waals surface area contributed by atoms with Crippen molar-refractivity contribution in [2.45, 2.75) is 45.1 Å². The summed E-state index contributed by atoms with van der Waals surface area (Å²) in [7, 11) is -3.95. The predicted molar refractivity (Wildman–Crippen MR) is 103 cm³/mol. The molecular weight excluding hydrogens is 366 g/mol. The number of fused-ring (bicyclic) bond motifs is 1. The molecule has 0 saturated carbocycles. The van der Waals surface area contributed by atoms with Gasteiger partial charge in [-0.05, 0) is 30.4 Å². The van der Waals surface area contributed by atoms with Gasteiger partial charge in [0.05, 0.1) is 11.7 Å². The topological polar surface area (TPSA) is 95.9 Å². The third kappa shape index (κ3) is 3.50. The molecule has 1 aromatic carbocycles. The second-order valence-electron chi connectivity index (χ2n) is 7.81. The molecule has 146 valence electrons. The maximum absolute atomic E-state index is 13.1. The molecule has 8 heteroatoms. The molecule has 2 atom stereocenters. The van der Waals surface area contributed by atoms with Crippen molar-refractivity contribution in [2.75, 3.05) is 11.9 Å². The molecule has 1 fully saturated rings. The molecule has 0 aliphatic carbocycles. The third-order valence-corrected chi connectivity index (χ3v) is 6.29. The first kappa shape index (κ1) is 19.5. The summed E-state index contributed by atoms with van der Waals surface area (Å²) in [5.74, 6) is -1.64. The van der Waals surface area contributed by atoms with Crippen molar-refractivity contribution in [3.05, 3.63) is 24.3 Å². The number of ketones is 1. The number of carbonyl (C=O) groups excluding carboxylic acids is 2. The normalized spacial score (nSPS) is 24.2. The van der Waals surface area contributed by atoms with Crippen molar-refractivity contribution in [2.24, 2.45) is 22.2 Å². The molecule has 0 spiro atoms. The smallest absolute Gasteiger partial charge is 0.286 e. The number of hydrogen-bond acceptors (Lipinski definition) is 5. The first-order valence-electron chi connectivity index (χ1n) is 9.18. The highest BCUT2D eigenvalue weighted by Gasteiger charge is 2.51. The molecule has 1 amide bonds. The third-order valence-electron chi connectivity index (χ3n) is 4.94. The fourth-order valence-corrected chi connectivity index (χ4v) is 4.75. The first-order valence-corrected chi connectivity index (χ1v) is 10.6. The number of amidine groups is 1. The van der Waals surface area contributed by atoms with Crippen molar-refractivity contribution in [1.82, 2.24) is 4.90 Å². The molecule has 0 bridgehead atoms. The van der Waals surface area contributed by atoms with Gasteiger partial charge in [-0.2, -0.15) is 8.42 Å². The molecule has 2 heterocycles. The van der Waals surface area contributed by atoms with Crippen LogP contribution < -0.4 is 5.32 Å². The van der Waals surface area contributed by atoms with E-state index >= 15 is 0 Å². The van der Waals surface area contributed by atoms with Crippen molar-refractivity contribution >= 4 is 33.2 Å². The minimum absolute atomic E-state index is 0.0451. The summed E-state index contributed by atoms with van der Waals surface area (Å²) in [5.41, 5.74) is 0.338. The summed E-state index contributed by atoms with van der Waals surface area (Å²) < 4.78 is 28.8. The Balaban J connectivity index is 1.98. The van der Waals surface area contributed by atoms with Crippen LogP contribution in [-0.2, 0) is 19.6 Å². The zero-order valence-corrected chi connectivity index (χ0v) is 16.8. The van der Waals surface area contributed by atoms with Crippen LogP contribution in [0.5, 0.6) is 0 Å². The average molecular weight is 391 g/mol. The Hall–Kier alpha value is -2.22. The van der Waals surface area contributed by atoms with Crippen LogP contribution in [0.25, 0.3) is 0 Å². The minimum atomic E-state index is -3.95. The number of para-hydroxylation sites is 1. The zero-order chi connectivity index (χ0) is 19.9. The summed E-state index contributed by atoms with van der Waals surface area (Å²) in [6, 6.07) is 5.77. The summed E-state index contributed by atoms with van der Waals surface area (Å²) in [5, 5.41) is 2.90. The number of hydrogen-bond donors (Lipinski definition) is 1. The lowest BCUT2D eigenvalue weighted by Crippen LogP contribution is -2.40. The van der Waals surface area contributed by atoms with Gasteiger partial charge in [-0.15, -0.1) is 4.40 Å². The van der Waals surface area contributed by atoms with Crippen LogP contribution in [0.1, 0.15) is 34.1 Å². The van der Waals surface area contributed by atoms with E-state index in [-0.39, 0.29) is 28.3 Å². The van der Waals surface area contributed by atoms with E-state index < -0.39 is 22.0 Å². The van der Waals surface area contributed by atoms with E-state index in [1.165, 1.54) is 6.07 Å². The zero-order valence-electron chi connectivity index (χ0n) is 16.0. The molecule has 1 aromatic rings. The number of nitrogens with one attached hydrogen (secondary N) is 1. The number of sulfonamides is 1. The maximum Gasteiger partial charge on any atom is 0.286 e. The van der Waals surface area contributed by atoms with Crippen molar-refractivity contribution in [3.63, 3.8) is 0 Å². The van der Waals surface area contributed by atoms with Gasteiger partial charge in [0.2, 0.25) is 5.91 Å². The number of likely N-dealkylation sites (tertiary alicyclic amines) is 1. The second-order valence-corrected chi connectivity index (χ2v) is 9.38. The van der Waals surface area contributed by atoms with Gasteiger partial charge < -0.3 is 10.2 Å². The van der Waals surface area contributed by atoms with Crippen LogP contribution in [0.15, 0.2) is 33.6 Å². The lowest BCUT2D eigenvalue weighted by molar-refractivity contribution is -0.131. The van der Waals surface area contributed by atoms with Crippen LogP contribution in [0.3, 0.4) is 0 Å². The highest BCUT2D eigenvalue weighted by atomic mass is 32.2. The fraction of sp³-hybridized carbons (Fsp3) is 0.526. The van der Waals surface area contributed by atoms with Gasteiger partial charge in [-0.3, -0.25) is 9.59 Å². The number of nitrogens with zero attached hydrogens (tertiary/aromatic N) is 2. The average Bonchev–Trinajstić information content (AvgIpc) is 2.82. The van der Waals surface area contributed by atoms with E-state index in [0.29, 0.717) is 18.2 Å². The number of anilines is 1. The van der Waals surface area contributed by atoms with E-state index in [9.17, 15) is 18.0 Å². The summed E-state index contributed by atoms with van der Waals surface area (Å²) in [6.07, 6.45) is 0.774. The summed E-state index contributed by atoms with van der Waals surface area (Å²) >= 11 is 0. The van der Waals surface area contributed by atoms with Gasteiger partial charge in [0, 0.05) is 6.54 Å².